The molecule has 45 heavy (non-hydrogen) atoms. The second kappa shape index (κ2) is 13.7. The number of hydrogen-bond donors (Lipinski definition) is 2. The van der Waals surface area contributed by atoms with Gasteiger partial charge in [-0.15, -0.1) is 0 Å². The van der Waals surface area contributed by atoms with E-state index in [0.29, 0.717) is 41.3 Å². The van der Waals surface area contributed by atoms with Crippen LogP contribution in [0.5, 0.6) is 0 Å². The van der Waals surface area contributed by atoms with Crippen LogP contribution in [-0.2, 0) is 17.8 Å². The lowest BCUT2D eigenvalue weighted by Gasteiger charge is -2.28. The number of nitrogens with one attached hydrogen (secondary N) is 2. The maximum absolute atomic E-state index is 13.7. The van der Waals surface area contributed by atoms with E-state index in [-0.39, 0.29) is 28.8 Å². The molecule has 0 unspecified atom stereocenters. The molecule has 0 spiro atoms. The average molecular weight is 624 g/mol. The number of benzene rings is 3. The molecule has 1 saturated heterocycles. The first kappa shape index (κ1) is 30.7. The Bertz CT molecular complexity index is 1790. The van der Waals surface area contributed by atoms with Crippen LogP contribution in [0.1, 0.15) is 71.7 Å². The van der Waals surface area contributed by atoms with Crippen LogP contribution in [-0.4, -0.2) is 36.3 Å². The minimum Gasteiger partial charge on any atom is -0.448 e. The topological polar surface area (TPSA) is 91.7 Å². The summed E-state index contributed by atoms with van der Waals surface area (Å²) < 4.78 is 5.97. The molecule has 2 fully saturated rings. The largest absolute Gasteiger partial charge is 0.448 e. The van der Waals surface area contributed by atoms with E-state index in [4.69, 9.17) is 16.0 Å². The second-order valence-corrected chi connectivity index (χ2v) is 12.4. The van der Waals surface area contributed by atoms with E-state index in [1.165, 1.54) is 16.7 Å². The third-order valence-electron chi connectivity index (χ3n) is 9.03. The summed E-state index contributed by atoms with van der Waals surface area (Å²) in [5.41, 5.74) is 5.15. The molecule has 1 atom stereocenters. The van der Waals surface area contributed by atoms with Crippen LogP contribution in [0.4, 0.5) is 5.69 Å². The summed E-state index contributed by atoms with van der Waals surface area (Å²) in [6.07, 6.45) is 8.17. The summed E-state index contributed by atoms with van der Waals surface area (Å²) in [6.45, 7) is 1.52. The molecule has 4 aromatic rings. The molecule has 2 amide bonds. The van der Waals surface area contributed by atoms with Gasteiger partial charge in [-0.1, -0.05) is 71.8 Å². The lowest BCUT2D eigenvalue weighted by atomic mass is 9.79. The monoisotopic (exact) mass is 623 g/mol. The number of para-hydroxylation sites is 1. The molecule has 2 heterocycles. The number of allylic oxidation sites excluding steroid dienone is 1. The normalized spacial score (nSPS) is 17.4. The van der Waals surface area contributed by atoms with Crippen molar-refractivity contribution in [1.82, 2.24) is 10.2 Å². The number of likely N-dealkylation sites (tertiary alicyclic amines) is 1. The number of fused-ring (bicyclic) bond motifs is 1. The van der Waals surface area contributed by atoms with E-state index < -0.39 is 5.91 Å². The molecule has 232 valence electrons. The number of halogens is 1. The van der Waals surface area contributed by atoms with Gasteiger partial charge >= 0.3 is 0 Å². The van der Waals surface area contributed by atoms with Gasteiger partial charge in [0.15, 0.2) is 0 Å². The van der Waals surface area contributed by atoms with Crippen LogP contribution in [0.15, 0.2) is 93.7 Å². The Morgan fingerprint density at radius 2 is 1.73 bits per heavy atom. The minimum atomic E-state index is -0.447. The van der Waals surface area contributed by atoms with Crippen molar-refractivity contribution in [3.63, 3.8) is 0 Å². The zero-order valence-electron chi connectivity index (χ0n) is 25.5. The fourth-order valence-corrected chi connectivity index (χ4v) is 6.82. The predicted octanol–water partition coefficient (Wildman–Crippen LogP) is 7.24. The van der Waals surface area contributed by atoms with Gasteiger partial charge in [0.05, 0.1) is 11.4 Å². The van der Waals surface area contributed by atoms with Gasteiger partial charge in [-0.3, -0.25) is 14.4 Å². The van der Waals surface area contributed by atoms with E-state index in [0.717, 1.165) is 44.2 Å². The summed E-state index contributed by atoms with van der Waals surface area (Å²) in [4.78, 5) is 41.1. The number of hydrogen-bond acceptors (Lipinski definition) is 5. The van der Waals surface area contributed by atoms with Crippen molar-refractivity contribution >= 4 is 40.1 Å². The first-order chi connectivity index (χ1) is 21.9. The van der Waals surface area contributed by atoms with Crippen molar-refractivity contribution in [3.05, 3.63) is 122 Å². The maximum Gasteiger partial charge on any atom is 0.289 e. The molecule has 2 aliphatic rings. The lowest BCUT2D eigenvalue weighted by molar-refractivity contribution is -0.128. The summed E-state index contributed by atoms with van der Waals surface area (Å²) in [7, 11) is 1.62. The highest BCUT2D eigenvalue weighted by atomic mass is 35.5. The van der Waals surface area contributed by atoms with Crippen LogP contribution in [0, 0.1) is 0 Å². The third kappa shape index (κ3) is 6.99. The van der Waals surface area contributed by atoms with Crippen molar-refractivity contribution in [3.8, 4) is 0 Å². The Labute approximate surface area is 268 Å². The Morgan fingerprint density at radius 3 is 2.47 bits per heavy atom. The summed E-state index contributed by atoms with van der Waals surface area (Å²) >= 11 is 6.14. The van der Waals surface area contributed by atoms with Gasteiger partial charge in [0.1, 0.15) is 11.3 Å². The molecule has 0 bridgehead atoms. The molecular weight excluding hydrogens is 586 g/mol. The first-order valence-corrected chi connectivity index (χ1v) is 16.1. The van der Waals surface area contributed by atoms with Crippen LogP contribution in [0.25, 0.3) is 11.0 Å². The molecule has 6 rings (SSSR count). The molecule has 1 aromatic heterocycles. The maximum atomic E-state index is 13.7. The first-order valence-electron chi connectivity index (χ1n) is 15.7. The highest BCUT2D eigenvalue weighted by molar-refractivity contribution is 6.30. The third-order valence-corrected chi connectivity index (χ3v) is 9.28. The minimum absolute atomic E-state index is 0.0301. The number of rotatable bonds is 9. The lowest BCUT2D eigenvalue weighted by Crippen LogP contribution is -2.36. The number of anilines is 1. The number of carbonyl (C=O) groups is 2. The van der Waals surface area contributed by atoms with Gasteiger partial charge in [0.2, 0.25) is 17.1 Å². The highest BCUT2D eigenvalue weighted by Gasteiger charge is 2.26. The van der Waals surface area contributed by atoms with Crippen molar-refractivity contribution < 1.29 is 14.0 Å². The SMILES string of the molecule is CNc1c(C(=O)N[C@H](C=C2CCC(c3ccccc3CN3CCCC3=O)CC2)Cc2ccc(Cl)cc2)oc2ccccc2c1=O. The molecule has 1 saturated carbocycles. The van der Waals surface area contributed by atoms with Crippen molar-refractivity contribution in [2.75, 3.05) is 18.9 Å². The zero-order chi connectivity index (χ0) is 31.3. The molecule has 1 aliphatic carbocycles. The fraction of sp³-hybridized carbons (Fsp3) is 0.324. The average Bonchev–Trinajstić information content (AvgIpc) is 3.46. The summed E-state index contributed by atoms with van der Waals surface area (Å²) in [6, 6.07) is 22.8. The highest BCUT2D eigenvalue weighted by Crippen LogP contribution is 2.38. The van der Waals surface area contributed by atoms with Crippen molar-refractivity contribution in [2.45, 2.75) is 63.5 Å². The zero-order valence-corrected chi connectivity index (χ0v) is 26.2. The Morgan fingerprint density at radius 1 is 1.00 bits per heavy atom. The van der Waals surface area contributed by atoms with Crippen LogP contribution in [0.3, 0.4) is 0 Å². The van der Waals surface area contributed by atoms with Gasteiger partial charge in [0.25, 0.3) is 5.91 Å². The van der Waals surface area contributed by atoms with E-state index in [1.807, 2.05) is 29.2 Å². The second-order valence-electron chi connectivity index (χ2n) is 12.0. The van der Waals surface area contributed by atoms with E-state index >= 15 is 0 Å². The van der Waals surface area contributed by atoms with Crippen LogP contribution >= 0.6 is 11.6 Å². The number of nitrogens with zero attached hydrogens (tertiary/aromatic N) is 1. The van der Waals surface area contributed by atoms with E-state index in [1.54, 1.807) is 31.3 Å². The van der Waals surface area contributed by atoms with Gasteiger partial charge in [-0.2, -0.15) is 0 Å². The van der Waals surface area contributed by atoms with E-state index in [2.05, 4.69) is 41.0 Å². The van der Waals surface area contributed by atoms with Gasteiger partial charge in [-0.05, 0) is 85.4 Å². The van der Waals surface area contributed by atoms with E-state index in [9.17, 15) is 14.4 Å². The quantitative estimate of drug-likeness (QED) is 0.192. The molecule has 7 nitrogen and oxygen atoms in total. The fourth-order valence-electron chi connectivity index (χ4n) is 6.69. The van der Waals surface area contributed by atoms with Gasteiger partial charge in [-0.25, -0.2) is 0 Å². The Balaban J connectivity index is 1.22. The number of amides is 2. The number of carbonyl (C=O) groups excluding carboxylic acids is 2. The molecule has 3 aromatic carbocycles. The smallest absolute Gasteiger partial charge is 0.289 e. The van der Waals surface area contributed by atoms with Crippen molar-refractivity contribution in [2.24, 2.45) is 0 Å². The summed E-state index contributed by atoms with van der Waals surface area (Å²) in [5, 5.41) is 7.10. The Kier molecular flexibility index (Phi) is 9.36. The standard InChI is InChI=1S/C37H38ClN3O4/c1-39-34-35(43)31-9-4-5-10-32(31)45-36(34)37(44)40-29(22-25-14-18-28(38)19-15-25)21-24-12-16-26(17-13-24)30-8-3-2-7-27(30)23-41-20-6-11-33(41)42/h2-5,7-10,14-15,18-19,21,26,29,39H,6,11-13,16-17,20,22-23H2,1H3,(H,40,44)/t26?,29-/m1/s1. The molecular formula is C37H38ClN3O4. The molecule has 2 N–H and O–H groups in total. The summed E-state index contributed by atoms with van der Waals surface area (Å²) in [5.74, 6) is 0.192. The van der Waals surface area contributed by atoms with Gasteiger partial charge < -0.3 is 20.0 Å². The Hall–Kier alpha value is -4.36. The van der Waals surface area contributed by atoms with Crippen molar-refractivity contribution in [1.29, 1.82) is 0 Å². The predicted molar refractivity (Wildman–Crippen MR) is 179 cm³/mol. The van der Waals surface area contributed by atoms with Gasteiger partial charge in [0, 0.05) is 31.6 Å². The molecule has 0 radical (unpaired) electrons. The molecule has 8 heteroatoms. The van der Waals surface area contributed by atoms with Crippen LogP contribution < -0.4 is 16.1 Å². The van der Waals surface area contributed by atoms with Crippen LogP contribution in [0.2, 0.25) is 5.02 Å². The molecule has 1 aliphatic heterocycles.